The summed E-state index contributed by atoms with van der Waals surface area (Å²) >= 11 is 0. The fourth-order valence-corrected chi connectivity index (χ4v) is 7.47. The van der Waals surface area contributed by atoms with Crippen molar-refractivity contribution in [3.05, 3.63) is 180 Å². The molecule has 7 aromatic carbocycles. The van der Waals surface area contributed by atoms with Gasteiger partial charge in [0.05, 0.1) is 5.41 Å². The summed E-state index contributed by atoms with van der Waals surface area (Å²) in [4.78, 5) is 0. The van der Waals surface area contributed by atoms with E-state index in [1.165, 1.54) is 66.4 Å². The zero-order valence-corrected chi connectivity index (χ0v) is 23.0. The topological polar surface area (TPSA) is 12.0 Å². The fraction of sp³-hybridized carbons (Fsp3) is 0.0244. The highest BCUT2D eigenvalue weighted by atomic mass is 14.9. The summed E-state index contributed by atoms with van der Waals surface area (Å²) in [6, 6.07) is 57.8. The molecule has 2 aliphatic rings. The van der Waals surface area contributed by atoms with Crippen LogP contribution >= 0.6 is 0 Å². The SMILES string of the molecule is c1ccc(-c2ccc3cc(Nc4ccc5c(c4)C4(c6ccccc6-c6ccccc64)c4ccccc4-5)ccc3c2)cc1. The Morgan fingerprint density at radius 1 is 0.333 bits per heavy atom. The summed E-state index contributed by atoms with van der Waals surface area (Å²) in [5.41, 5.74) is 15.1. The van der Waals surface area contributed by atoms with Crippen molar-refractivity contribution in [3.8, 4) is 33.4 Å². The average molecular weight is 534 g/mol. The van der Waals surface area contributed by atoms with E-state index in [2.05, 4.69) is 163 Å². The summed E-state index contributed by atoms with van der Waals surface area (Å²) in [5, 5.41) is 6.22. The molecule has 0 aromatic heterocycles. The third-order valence-corrected chi connectivity index (χ3v) is 9.23. The summed E-state index contributed by atoms with van der Waals surface area (Å²) in [6.45, 7) is 0. The lowest BCUT2D eigenvalue weighted by molar-refractivity contribution is 0.794. The van der Waals surface area contributed by atoms with Gasteiger partial charge >= 0.3 is 0 Å². The number of rotatable bonds is 3. The van der Waals surface area contributed by atoms with E-state index in [1.54, 1.807) is 0 Å². The standard InChI is InChI=1S/C41H27N/c1-2-10-27(11-3-1)28-18-19-30-25-31(21-20-29(30)24-28)42-32-22-23-36-35-14-6-9-17-39(35)41(40(36)26-32)37-15-7-4-12-33(37)34-13-5-8-16-38(34)41/h1-26,42H. The second-order valence-corrected chi connectivity index (χ2v) is 11.4. The maximum absolute atomic E-state index is 3.75. The molecule has 0 aliphatic heterocycles. The number of nitrogens with one attached hydrogen (secondary N) is 1. The minimum Gasteiger partial charge on any atom is -0.355 e. The predicted molar refractivity (Wildman–Crippen MR) is 175 cm³/mol. The van der Waals surface area contributed by atoms with Crippen LogP contribution in [0.1, 0.15) is 22.3 Å². The van der Waals surface area contributed by atoms with Crippen LogP contribution in [0.4, 0.5) is 11.4 Å². The number of anilines is 2. The Kier molecular flexibility index (Phi) is 4.88. The predicted octanol–water partition coefficient (Wildman–Crippen LogP) is 10.6. The first-order chi connectivity index (χ1) is 20.8. The van der Waals surface area contributed by atoms with Crippen LogP contribution in [0.25, 0.3) is 44.2 Å². The van der Waals surface area contributed by atoms with Gasteiger partial charge < -0.3 is 5.32 Å². The van der Waals surface area contributed by atoms with Gasteiger partial charge in [0.1, 0.15) is 0 Å². The summed E-state index contributed by atoms with van der Waals surface area (Å²) in [6.07, 6.45) is 0. The van der Waals surface area contributed by atoms with E-state index < -0.39 is 0 Å². The Hall–Kier alpha value is -5.40. The van der Waals surface area contributed by atoms with E-state index in [0.29, 0.717) is 0 Å². The molecule has 1 nitrogen and oxygen atoms in total. The van der Waals surface area contributed by atoms with Crippen LogP contribution in [0.3, 0.4) is 0 Å². The Morgan fingerprint density at radius 3 is 1.50 bits per heavy atom. The molecular formula is C41H27N. The molecule has 9 rings (SSSR count). The summed E-state index contributed by atoms with van der Waals surface area (Å²) in [7, 11) is 0. The maximum Gasteiger partial charge on any atom is 0.0726 e. The molecule has 1 N–H and O–H groups in total. The van der Waals surface area contributed by atoms with Gasteiger partial charge in [0.2, 0.25) is 0 Å². The van der Waals surface area contributed by atoms with E-state index >= 15 is 0 Å². The molecule has 0 atom stereocenters. The third-order valence-electron chi connectivity index (χ3n) is 9.23. The molecule has 0 heterocycles. The van der Waals surface area contributed by atoms with E-state index in [0.717, 1.165) is 11.4 Å². The molecule has 0 saturated heterocycles. The zero-order valence-electron chi connectivity index (χ0n) is 23.0. The van der Waals surface area contributed by atoms with Crippen LogP contribution in [0, 0.1) is 0 Å². The lowest BCUT2D eigenvalue weighted by Gasteiger charge is -2.30. The number of hydrogen-bond acceptors (Lipinski definition) is 1. The van der Waals surface area contributed by atoms with Crippen LogP contribution in [-0.2, 0) is 5.41 Å². The van der Waals surface area contributed by atoms with Crippen molar-refractivity contribution in [2.75, 3.05) is 5.32 Å². The van der Waals surface area contributed by atoms with Crippen LogP contribution < -0.4 is 5.32 Å². The number of fused-ring (bicyclic) bond motifs is 11. The Morgan fingerprint density at radius 2 is 0.833 bits per heavy atom. The molecule has 196 valence electrons. The van der Waals surface area contributed by atoms with Gasteiger partial charge in [0, 0.05) is 11.4 Å². The van der Waals surface area contributed by atoms with E-state index in [-0.39, 0.29) is 5.41 Å². The molecule has 7 aromatic rings. The normalized spacial score (nSPS) is 13.4. The molecule has 0 bridgehead atoms. The van der Waals surface area contributed by atoms with Crippen LogP contribution in [0.2, 0.25) is 0 Å². The highest BCUT2D eigenvalue weighted by Gasteiger charge is 2.51. The highest BCUT2D eigenvalue weighted by molar-refractivity contribution is 5.96. The number of hydrogen-bond donors (Lipinski definition) is 1. The van der Waals surface area contributed by atoms with Crippen molar-refractivity contribution in [3.63, 3.8) is 0 Å². The average Bonchev–Trinajstić information content (AvgIpc) is 3.52. The molecule has 2 aliphatic carbocycles. The minimum absolute atomic E-state index is 0.325. The minimum atomic E-state index is -0.325. The quantitative estimate of drug-likeness (QED) is 0.238. The molecule has 0 saturated carbocycles. The van der Waals surface area contributed by atoms with Gasteiger partial charge in [-0.2, -0.15) is 0 Å². The van der Waals surface area contributed by atoms with Crippen molar-refractivity contribution in [1.82, 2.24) is 0 Å². The monoisotopic (exact) mass is 533 g/mol. The van der Waals surface area contributed by atoms with Gasteiger partial charge in [0.15, 0.2) is 0 Å². The molecule has 0 fully saturated rings. The van der Waals surface area contributed by atoms with Gasteiger partial charge in [0.25, 0.3) is 0 Å². The second kappa shape index (κ2) is 8.80. The second-order valence-electron chi connectivity index (χ2n) is 11.4. The Labute approximate surface area is 245 Å². The number of benzene rings is 7. The third kappa shape index (κ3) is 3.19. The Balaban J connectivity index is 1.17. The van der Waals surface area contributed by atoms with E-state index in [1.807, 2.05) is 0 Å². The molecular weight excluding hydrogens is 506 g/mol. The van der Waals surface area contributed by atoms with Gasteiger partial charge in [-0.15, -0.1) is 0 Å². The lowest BCUT2D eigenvalue weighted by Crippen LogP contribution is -2.25. The molecule has 1 spiro atoms. The van der Waals surface area contributed by atoms with E-state index in [4.69, 9.17) is 0 Å². The van der Waals surface area contributed by atoms with Crippen molar-refractivity contribution < 1.29 is 0 Å². The zero-order chi connectivity index (χ0) is 27.7. The molecule has 0 unspecified atom stereocenters. The summed E-state index contributed by atoms with van der Waals surface area (Å²) < 4.78 is 0. The molecule has 0 radical (unpaired) electrons. The van der Waals surface area contributed by atoms with Crippen molar-refractivity contribution in [2.45, 2.75) is 5.41 Å². The van der Waals surface area contributed by atoms with Gasteiger partial charge in [-0.1, -0.05) is 127 Å². The van der Waals surface area contributed by atoms with Gasteiger partial charge in [-0.25, -0.2) is 0 Å². The molecule has 42 heavy (non-hydrogen) atoms. The first kappa shape index (κ1) is 23.3. The largest absolute Gasteiger partial charge is 0.355 e. The molecule has 0 amide bonds. The van der Waals surface area contributed by atoms with Gasteiger partial charge in [-0.05, 0) is 96.7 Å². The van der Waals surface area contributed by atoms with Crippen LogP contribution in [0.5, 0.6) is 0 Å². The van der Waals surface area contributed by atoms with Crippen LogP contribution in [0.15, 0.2) is 158 Å². The smallest absolute Gasteiger partial charge is 0.0726 e. The van der Waals surface area contributed by atoms with E-state index in [9.17, 15) is 0 Å². The van der Waals surface area contributed by atoms with Crippen molar-refractivity contribution >= 4 is 22.1 Å². The van der Waals surface area contributed by atoms with Crippen LogP contribution in [-0.4, -0.2) is 0 Å². The van der Waals surface area contributed by atoms with Crippen molar-refractivity contribution in [2.24, 2.45) is 0 Å². The maximum atomic E-state index is 3.75. The first-order valence-electron chi connectivity index (χ1n) is 14.6. The summed E-state index contributed by atoms with van der Waals surface area (Å²) in [5.74, 6) is 0. The molecule has 1 heteroatoms. The highest BCUT2D eigenvalue weighted by Crippen LogP contribution is 2.62. The Bertz CT molecular complexity index is 2110. The van der Waals surface area contributed by atoms with Gasteiger partial charge in [-0.3, -0.25) is 0 Å². The lowest BCUT2D eigenvalue weighted by atomic mass is 9.70. The first-order valence-corrected chi connectivity index (χ1v) is 14.6. The van der Waals surface area contributed by atoms with Crippen molar-refractivity contribution in [1.29, 1.82) is 0 Å². The fourth-order valence-electron chi connectivity index (χ4n) is 7.47.